The molecule has 0 spiro atoms. The number of nitrogens with zero attached hydrogens (tertiary/aromatic N) is 3. The minimum Gasteiger partial charge on any atom is -0.489 e. The summed E-state index contributed by atoms with van der Waals surface area (Å²) in [4.78, 5) is 46.9. The number of carboxylic acids is 3. The number of rotatable bonds is 22. The molecule has 12 aromatic rings. The highest BCUT2D eigenvalue weighted by Gasteiger charge is 2.12. The summed E-state index contributed by atoms with van der Waals surface area (Å²) >= 11 is 0. The minimum absolute atomic E-state index is 0.00568. The number of hydrogen-bond acceptors (Lipinski definition) is 12. The fraction of sp³-hybridized carbons (Fsp3) is 0.0959. The Morgan fingerprint density at radius 3 is 1.18 bits per heavy atom. The first-order valence-corrected chi connectivity index (χ1v) is 28.1. The average molecular weight is 1170 g/mol. The van der Waals surface area contributed by atoms with Crippen LogP contribution in [0.4, 0.5) is 0 Å². The summed E-state index contributed by atoms with van der Waals surface area (Å²) in [7, 11) is 0. The molecule has 3 heterocycles. The van der Waals surface area contributed by atoms with Crippen LogP contribution in [-0.4, -0.2) is 48.2 Å². The van der Waals surface area contributed by atoms with Crippen LogP contribution in [-0.2, 0) is 50.9 Å². The van der Waals surface area contributed by atoms with Gasteiger partial charge in [0, 0.05) is 16.2 Å². The number of aromatic carboxylic acids is 2. The van der Waals surface area contributed by atoms with Crippen LogP contribution < -0.4 is 28.4 Å². The Bertz CT molecular complexity index is 4330. The number of aliphatic carboxylic acids is 1. The largest absolute Gasteiger partial charge is 0.489 e. The van der Waals surface area contributed by atoms with Crippen LogP contribution in [0.1, 0.15) is 60.1 Å². The Hall–Kier alpha value is -11.6. The van der Waals surface area contributed by atoms with Gasteiger partial charge in [-0.25, -0.2) is 24.5 Å². The average Bonchev–Trinajstić information content (AvgIpc) is 3.76. The molecular formula is C73H59N3O12. The number of carboxylic acid groups (broad SMARTS) is 3. The predicted molar refractivity (Wildman–Crippen MR) is 335 cm³/mol. The van der Waals surface area contributed by atoms with Crippen LogP contribution in [0.3, 0.4) is 0 Å². The molecule has 0 amide bonds. The van der Waals surface area contributed by atoms with Gasteiger partial charge < -0.3 is 43.7 Å². The molecule has 438 valence electrons. The van der Waals surface area contributed by atoms with Gasteiger partial charge in [0.1, 0.15) is 79.7 Å². The lowest BCUT2D eigenvalue weighted by atomic mass is 10.1. The van der Waals surface area contributed by atoms with Gasteiger partial charge in [-0.15, -0.1) is 0 Å². The molecule has 0 aliphatic heterocycles. The van der Waals surface area contributed by atoms with E-state index in [0.717, 1.165) is 89.3 Å². The molecular weight excluding hydrogens is 1110 g/mol. The fourth-order valence-corrected chi connectivity index (χ4v) is 9.03. The molecule has 9 aromatic carbocycles. The number of aromatic nitrogens is 3. The zero-order valence-electron chi connectivity index (χ0n) is 47.6. The summed E-state index contributed by atoms with van der Waals surface area (Å²) in [6.45, 7) is 2.12. The lowest BCUT2D eigenvalue weighted by Gasteiger charge is -2.10. The van der Waals surface area contributed by atoms with Gasteiger partial charge in [0.25, 0.3) is 0 Å². The van der Waals surface area contributed by atoms with Crippen molar-refractivity contribution in [2.24, 2.45) is 0 Å². The van der Waals surface area contributed by atoms with E-state index in [-0.39, 0.29) is 24.2 Å². The smallest absolute Gasteiger partial charge is 0.339 e. The number of pyridine rings is 3. The predicted octanol–water partition coefficient (Wildman–Crippen LogP) is 15.2. The standard InChI is InChI=1S/C25H21NO4.2C24H19NO4/c27-25(28)15-18-8-12-22(13-9-18)29-16-19-4-3-6-23(14-19)30-17-21-11-10-20-5-1-2-7-24(20)26-21;26-24(27)21-6-2-4-8-23(21)29-15-17-9-13-20(14-10-17)28-16-19-12-11-18-5-1-3-7-22(18)25-19;26-24(27)19-7-4-9-22(14-19)28-15-17-5-3-8-21(13-17)29-16-20-12-11-18-6-1-2-10-23(18)25-20/h1-14H,15-17H2,(H,27,28);2*1-14H,15-16H2,(H,26,27). The molecule has 15 heteroatoms. The van der Waals surface area contributed by atoms with E-state index in [1.54, 1.807) is 54.6 Å². The lowest BCUT2D eigenvalue weighted by molar-refractivity contribution is -0.136. The molecule has 15 nitrogen and oxygen atoms in total. The lowest BCUT2D eigenvalue weighted by Crippen LogP contribution is -2.03. The Morgan fingerprint density at radius 1 is 0.307 bits per heavy atom. The Morgan fingerprint density at radius 2 is 0.705 bits per heavy atom. The van der Waals surface area contributed by atoms with E-state index in [2.05, 4.69) is 15.0 Å². The van der Waals surface area contributed by atoms with Crippen LogP contribution in [0.2, 0.25) is 0 Å². The van der Waals surface area contributed by atoms with E-state index in [9.17, 15) is 19.5 Å². The number of benzene rings is 9. The second kappa shape index (κ2) is 29.8. The van der Waals surface area contributed by atoms with Crippen molar-refractivity contribution in [2.75, 3.05) is 0 Å². The second-order valence-corrected chi connectivity index (χ2v) is 20.0. The number of para-hydroxylation sites is 4. The zero-order valence-corrected chi connectivity index (χ0v) is 47.6. The summed E-state index contributed by atoms with van der Waals surface area (Å²) in [5, 5.41) is 30.4. The SMILES string of the molecule is O=C(O)Cc1ccc(OCc2cccc(OCc3ccc4ccccc4n3)c2)cc1.O=C(O)c1cccc(OCc2cccc(OCc3ccc4ccccc4n3)c2)c1.O=C(O)c1ccccc1OCc1ccc(OCc2ccc3ccccc3n2)cc1. The maximum absolute atomic E-state index is 11.2. The van der Waals surface area contributed by atoms with Crippen LogP contribution >= 0.6 is 0 Å². The van der Waals surface area contributed by atoms with Gasteiger partial charge in [0.05, 0.1) is 45.6 Å². The van der Waals surface area contributed by atoms with E-state index >= 15 is 0 Å². The first kappa shape index (κ1) is 59.6. The third-order valence-corrected chi connectivity index (χ3v) is 13.5. The zero-order chi connectivity index (χ0) is 60.9. The number of hydrogen-bond donors (Lipinski definition) is 3. The highest BCUT2D eigenvalue weighted by molar-refractivity contribution is 5.91. The third-order valence-electron chi connectivity index (χ3n) is 13.5. The van der Waals surface area contributed by atoms with E-state index in [0.29, 0.717) is 50.3 Å². The summed E-state index contributed by atoms with van der Waals surface area (Å²) < 4.78 is 34.8. The molecule has 0 unspecified atom stereocenters. The first-order chi connectivity index (χ1) is 43.0. The summed E-state index contributed by atoms with van der Waals surface area (Å²) in [5.74, 6) is 0.923. The number of fused-ring (bicyclic) bond motifs is 3. The Balaban J connectivity index is 0.000000146. The minimum atomic E-state index is -1.01. The molecule has 0 radical (unpaired) electrons. The fourth-order valence-electron chi connectivity index (χ4n) is 9.03. The molecule has 0 aliphatic carbocycles. The van der Waals surface area contributed by atoms with Gasteiger partial charge in [-0.1, -0.05) is 140 Å². The van der Waals surface area contributed by atoms with Crippen molar-refractivity contribution in [1.29, 1.82) is 0 Å². The van der Waals surface area contributed by atoms with Gasteiger partial charge in [0.15, 0.2) is 0 Å². The molecule has 0 saturated heterocycles. The Labute approximate surface area is 507 Å². The number of carbonyl (C=O) groups is 3. The molecule has 0 atom stereocenters. The molecule has 88 heavy (non-hydrogen) atoms. The maximum atomic E-state index is 11.2. The maximum Gasteiger partial charge on any atom is 0.339 e. The molecule has 0 saturated carbocycles. The van der Waals surface area contributed by atoms with Crippen molar-refractivity contribution in [3.63, 3.8) is 0 Å². The highest BCUT2D eigenvalue weighted by atomic mass is 16.5. The molecule has 3 N–H and O–H groups in total. The topological polar surface area (TPSA) is 206 Å². The quantitative estimate of drug-likeness (QED) is 0.0577. The van der Waals surface area contributed by atoms with Crippen molar-refractivity contribution in [3.8, 4) is 34.5 Å². The van der Waals surface area contributed by atoms with Gasteiger partial charge in [-0.05, 0) is 138 Å². The van der Waals surface area contributed by atoms with Gasteiger partial charge in [-0.2, -0.15) is 0 Å². The van der Waals surface area contributed by atoms with Crippen molar-refractivity contribution in [1.82, 2.24) is 15.0 Å². The molecule has 0 bridgehead atoms. The van der Waals surface area contributed by atoms with Crippen LogP contribution in [0, 0.1) is 0 Å². The van der Waals surface area contributed by atoms with Gasteiger partial charge in [-0.3, -0.25) is 4.79 Å². The summed E-state index contributed by atoms with van der Waals surface area (Å²) in [6, 6.07) is 79.0. The van der Waals surface area contributed by atoms with E-state index in [4.69, 9.17) is 38.6 Å². The molecule has 12 rings (SSSR count). The van der Waals surface area contributed by atoms with Crippen molar-refractivity contribution in [2.45, 2.75) is 46.1 Å². The monoisotopic (exact) mass is 1170 g/mol. The van der Waals surface area contributed by atoms with Gasteiger partial charge in [0.2, 0.25) is 0 Å². The third kappa shape index (κ3) is 17.5. The van der Waals surface area contributed by atoms with Crippen molar-refractivity contribution >= 4 is 50.6 Å². The van der Waals surface area contributed by atoms with Crippen molar-refractivity contribution in [3.05, 3.63) is 305 Å². The highest BCUT2D eigenvalue weighted by Crippen LogP contribution is 2.24. The van der Waals surface area contributed by atoms with Crippen LogP contribution in [0.25, 0.3) is 32.7 Å². The van der Waals surface area contributed by atoms with E-state index < -0.39 is 17.9 Å². The molecule has 0 aliphatic rings. The number of ether oxygens (including phenoxy) is 6. The summed E-state index contributed by atoms with van der Waals surface area (Å²) in [5.41, 5.74) is 9.35. The van der Waals surface area contributed by atoms with E-state index in [1.807, 2.05) is 182 Å². The summed E-state index contributed by atoms with van der Waals surface area (Å²) in [6.07, 6.45) is 0.00568. The van der Waals surface area contributed by atoms with Crippen LogP contribution in [0.5, 0.6) is 34.5 Å². The van der Waals surface area contributed by atoms with E-state index in [1.165, 1.54) is 18.2 Å². The Kier molecular flexibility index (Phi) is 20.2. The first-order valence-electron chi connectivity index (χ1n) is 28.1. The van der Waals surface area contributed by atoms with Gasteiger partial charge >= 0.3 is 17.9 Å². The molecule has 0 fully saturated rings. The molecule has 3 aromatic heterocycles. The second-order valence-electron chi connectivity index (χ2n) is 20.0. The van der Waals surface area contributed by atoms with Crippen molar-refractivity contribution < 1.29 is 58.1 Å². The van der Waals surface area contributed by atoms with Crippen LogP contribution in [0.15, 0.2) is 255 Å². The normalized spacial score (nSPS) is 10.6.